The minimum absolute atomic E-state index is 0.0401. The number of aromatic carboxylic acids is 1. The molecule has 9 nitrogen and oxygen atoms in total. The molecule has 2 radical (unpaired) electrons. The van der Waals surface area contributed by atoms with Crippen LogP contribution < -0.4 is 14.8 Å². The summed E-state index contributed by atoms with van der Waals surface area (Å²) >= 11 is 0. The summed E-state index contributed by atoms with van der Waals surface area (Å²) < 4.78 is 10.3. The quantitative estimate of drug-likeness (QED) is 0.316. The van der Waals surface area contributed by atoms with Gasteiger partial charge in [0.2, 0.25) is 0 Å². The van der Waals surface area contributed by atoms with Gasteiger partial charge in [-0.1, -0.05) is 0 Å². The Balaban J connectivity index is 2.89. The molecular weight excluding hydrogens is 295 g/mol. The van der Waals surface area contributed by atoms with E-state index in [4.69, 9.17) is 22.4 Å². The lowest BCUT2D eigenvalue weighted by atomic mass is 10.1. The number of nitro groups is 1. The molecule has 1 amide bonds. The van der Waals surface area contributed by atoms with Crippen LogP contribution in [0.5, 0.6) is 11.5 Å². The summed E-state index contributed by atoms with van der Waals surface area (Å²) in [6, 6.07) is 2.02. The van der Waals surface area contributed by atoms with E-state index >= 15 is 0 Å². The van der Waals surface area contributed by atoms with Gasteiger partial charge in [-0.2, -0.15) is 0 Å². The van der Waals surface area contributed by atoms with Crippen molar-refractivity contribution in [1.82, 2.24) is 5.32 Å². The number of ether oxygens (including phenoxy) is 2. The largest absolute Gasteiger partial charge is 0.493 e. The summed E-state index contributed by atoms with van der Waals surface area (Å²) in [5, 5.41) is 22.2. The van der Waals surface area contributed by atoms with Gasteiger partial charge in [0.05, 0.1) is 24.7 Å². The number of rotatable bonds is 8. The van der Waals surface area contributed by atoms with Crippen LogP contribution in [0.1, 0.15) is 16.8 Å². The van der Waals surface area contributed by atoms with Crippen molar-refractivity contribution in [2.24, 2.45) is 0 Å². The van der Waals surface area contributed by atoms with Crippen LogP contribution in [-0.2, 0) is 0 Å². The number of hydrogen-bond acceptors (Lipinski definition) is 6. The first-order valence-corrected chi connectivity index (χ1v) is 6.12. The van der Waals surface area contributed by atoms with E-state index in [2.05, 4.69) is 5.32 Å². The van der Waals surface area contributed by atoms with E-state index in [1.54, 1.807) is 0 Å². The first-order chi connectivity index (χ1) is 10.4. The average molecular weight is 308 g/mol. The molecule has 0 saturated carbocycles. The summed E-state index contributed by atoms with van der Waals surface area (Å²) in [6.07, 6.45) is 0.403. The summed E-state index contributed by atoms with van der Waals surface area (Å²) in [5.41, 5.74) is -1.09. The Morgan fingerprint density at radius 3 is 2.59 bits per heavy atom. The number of carbonyl (C=O) groups is 2. The van der Waals surface area contributed by atoms with Crippen molar-refractivity contribution >= 4 is 25.3 Å². The Morgan fingerprint density at radius 2 is 2.09 bits per heavy atom. The van der Waals surface area contributed by atoms with Crippen molar-refractivity contribution in [3.8, 4) is 11.5 Å². The van der Waals surface area contributed by atoms with Crippen molar-refractivity contribution < 1.29 is 29.1 Å². The second-order valence-corrected chi connectivity index (χ2v) is 4.08. The van der Waals surface area contributed by atoms with Crippen molar-refractivity contribution in [3.05, 3.63) is 27.8 Å². The number of benzene rings is 1. The molecule has 0 fully saturated rings. The molecule has 0 spiro atoms. The van der Waals surface area contributed by atoms with Gasteiger partial charge in [0.25, 0.3) is 5.69 Å². The van der Waals surface area contributed by atoms with Crippen LogP contribution in [0.3, 0.4) is 0 Å². The van der Waals surface area contributed by atoms with E-state index in [9.17, 15) is 19.7 Å². The first kappa shape index (κ1) is 17.3. The Kier molecular flexibility index (Phi) is 6.17. The van der Waals surface area contributed by atoms with Crippen LogP contribution in [0.15, 0.2) is 12.1 Å². The number of carboxylic acids is 1. The van der Waals surface area contributed by atoms with E-state index in [0.717, 1.165) is 12.1 Å². The number of methoxy groups -OCH3 is 1. The van der Waals surface area contributed by atoms with Crippen LogP contribution in [0.2, 0.25) is 0 Å². The van der Waals surface area contributed by atoms with Crippen molar-refractivity contribution in [1.29, 1.82) is 0 Å². The fourth-order valence-corrected chi connectivity index (χ4v) is 1.61. The van der Waals surface area contributed by atoms with Crippen LogP contribution in [0, 0.1) is 10.1 Å². The van der Waals surface area contributed by atoms with Crippen LogP contribution >= 0.6 is 0 Å². The highest BCUT2D eigenvalue weighted by atomic mass is 16.6. The number of nitrogens with one attached hydrogen (secondary N) is 1. The third kappa shape index (κ3) is 4.65. The van der Waals surface area contributed by atoms with Gasteiger partial charge in [-0.25, -0.2) is 4.79 Å². The number of hydrogen-bond donors (Lipinski definition) is 2. The standard InChI is InChI=1S/C12H13BN2O7/c1-21-9-5-7(11(16)17)8(15(19)20)6-10(9)22-4-2-3-14-12(13)18/h5-6H,2-4H2,1H3,(H,14,18)(H,16,17). The molecule has 22 heavy (non-hydrogen) atoms. The molecule has 2 N–H and O–H groups in total. The van der Waals surface area contributed by atoms with Crippen LogP contribution in [0.4, 0.5) is 10.5 Å². The highest BCUT2D eigenvalue weighted by Crippen LogP contribution is 2.34. The Morgan fingerprint density at radius 1 is 1.41 bits per heavy atom. The lowest BCUT2D eigenvalue weighted by Crippen LogP contribution is -2.23. The van der Waals surface area contributed by atoms with Gasteiger partial charge in [-0.15, -0.1) is 0 Å². The van der Waals surface area contributed by atoms with Gasteiger partial charge < -0.3 is 19.9 Å². The molecule has 0 unspecified atom stereocenters. The molecule has 1 rings (SSSR count). The zero-order valence-corrected chi connectivity index (χ0v) is 11.7. The first-order valence-electron chi connectivity index (χ1n) is 6.12. The minimum Gasteiger partial charge on any atom is -0.493 e. The molecule has 0 aliphatic carbocycles. The highest BCUT2D eigenvalue weighted by molar-refractivity contribution is 6.57. The smallest absolute Gasteiger partial charge is 0.342 e. The monoisotopic (exact) mass is 308 g/mol. The number of nitrogens with zero attached hydrogens (tertiary/aromatic N) is 1. The summed E-state index contributed by atoms with van der Waals surface area (Å²) in [6.45, 7) is 0.396. The molecule has 0 aliphatic rings. The maximum Gasteiger partial charge on any atom is 0.342 e. The lowest BCUT2D eigenvalue weighted by molar-refractivity contribution is -0.385. The summed E-state index contributed by atoms with van der Waals surface area (Å²) in [7, 11) is 6.17. The predicted octanol–water partition coefficient (Wildman–Crippen LogP) is 0.949. The van der Waals surface area contributed by atoms with Crippen molar-refractivity contribution in [2.45, 2.75) is 6.42 Å². The predicted molar refractivity (Wildman–Crippen MR) is 75.9 cm³/mol. The van der Waals surface area contributed by atoms with E-state index < -0.39 is 27.9 Å². The van der Waals surface area contributed by atoms with Gasteiger partial charge in [-0.3, -0.25) is 14.9 Å². The van der Waals surface area contributed by atoms with E-state index in [-0.39, 0.29) is 24.7 Å². The zero-order chi connectivity index (χ0) is 16.7. The minimum atomic E-state index is -1.44. The van der Waals surface area contributed by atoms with Crippen LogP contribution in [0.25, 0.3) is 0 Å². The zero-order valence-electron chi connectivity index (χ0n) is 11.7. The number of amides is 1. The number of carboxylic acid groups (broad SMARTS) is 1. The molecule has 1 aromatic rings. The maximum atomic E-state index is 11.0. The molecule has 0 atom stereocenters. The number of nitro benzene ring substituents is 1. The van der Waals surface area contributed by atoms with E-state index in [1.807, 2.05) is 0 Å². The Hall–Kier alpha value is -2.78. The SMILES string of the molecule is [B]C(=O)NCCCOc1cc([N+](=O)[O-])c(C(=O)O)cc1OC. The fourth-order valence-electron chi connectivity index (χ4n) is 1.61. The number of carbonyl (C=O) groups excluding carboxylic acids is 1. The molecule has 116 valence electrons. The average Bonchev–Trinajstić information content (AvgIpc) is 2.45. The normalized spacial score (nSPS) is 9.86. The lowest BCUT2D eigenvalue weighted by Gasteiger charge is -2.11. The topological polar surface area (TPSA) is 128 Å². The molecule has 1 aromatic carbocycles. The molecule has 0 aromatic heterocycles. The molecule has 0 heterocycles. The second-order valence-electron chi connectivity index (χ2n) is 4.08. The van der Waals surface area contributed by atoms with Gasteiger partial charge in [0.15, 0.2) is 25.2 Å². The molecule has 10 heteroatoms. The highest BCUT2D eigenvalue weighted by Gasteiger charge is 2.24. The Labute approximate surface area is 126 Å². The van der Waals surface area contributed by atoms with Gasteiger partial charge in [0, 0.05) is 12.6 Å². The van der Waals surface area contributed by atoms with E-state index in [1.165, 1.54) is 7.11 Å². The second kappa shape index (κ2) is 7.86. The summed E-state index contributed by atoms with van der Waals surface area (Å²) in [5.74, 6) is -2.01. The molecule has 0 aliphatic heterocycles. The van der Waals surface area contributed by atoms with Crippen molar-refractivity contribution in [2.75, 3.05) is 20.3 Å². The summed E-state index contributed by atoms with van der Waals surface area (Å²) in [4.78, 5) is 31.6. The third-order valence-electron chi connectivity index (χ3n) is 2.59. The molecular formula is C12H13BN2O7. The van der Waals surface area contributed by atoms with E-state index in [0.29, 0.717) is 6.42 Å². The van der Waals surface area contributed by atoms with Crippen molar-refractivity contribution in [3.63, 3.8) is 0 Å². The van der Waals surface area contributed by atoms with Gasteiger partial charge in [-0.05, 0) is 6.42 Å². The Bertz CT molecular complexity index is 591. The molecule has 0 bridgehead atoms. The molecule has 0 saturated heterocycles. The van der Waals surface area contributed by atoms with Gasteiger partial charge >= 0.3 is 5.97 Å². The third-order valence-corrected chi connectivity index (χ3v) is 2.59. The van der Waals surface area contributed by atoms with Crippen LogP contribution in [-0.4, -0.2) is 49.9 Å². The maximum absolute atomic E-state index is 11.0. The van der Waals surface area contributed by atoms with Gasteiger partial charge in [0.1, 0.15) is 5.56 Å². The fraction of sp³-hybridized carbons (Fsp3) is 0.333.